The molecule has 0 atom stereocenters. The van der Waals surface area contributed by atoms with Crippen molar-refractivity contribution >= 4 is 5.91 Å². The van der Waals surface area contributed by atoms with Gasteiger partial charge in [-0.1, -0.05) is 6.07 Å². The lowest BCUT2D eigenvalue weighted by Gasteiger charge is -2.08. The minimum Gasteiger partial charge on any atom is -0.396 e. The number of hydrogen-bond acceptors (Lipinski definition) is 4. The Labute approximate surface area is 117 Å². The highest BCUT2D eigenvalue weighted by molar-refractivity contribution is 5.99. The molecule has 0 bridgehead atoms. The minimum atomic E-state index is -0.170. The van der Waals surface area contributed by atoms with Crippen molar-refractivity contribution < 1.29 is 9.90 Å². The molecule has 1 amide bonds. The molecule has 20 heavy (non-hydrogen) atoms. The van der Waals surface area contributed by atoms with Crippen molar-refractivity contribution in [2.75, 3.05) is 13.2 Å². The number of pyridine rings is 2. The number of nitrogens with one attached hydrogen (secondary N) is 1. The van der Waals surface area contributed by atoms with E-state index in [1.807, 2.05) is 18.2 Å². The van der Waals surface area contributed by atoms with Gasteiger partial charge in [-0.2, -0.15) is 0 Å². The third kappa shape index (κ3) is 3.61. The molecule has 104 valence electrons. The molecule has 0 radical (unpaired) electrons. The van der Waals surface area contributed by atoms with Crippen LogP contribution in [0.3, 0.4) is 0 Å². The van der Waals surface area contributed by atoms with Crippen LogP contribution in [0.4, 0.5) is 0 Å². The van der Waals surface area contributed by atoms with Gasteiger partial charge < -0.3 is 10.4 Å². The smallest absolute Gasteiger partial charge is 0.253 e. The van der Waals surface area contributed by atoms with E-state index >= 15 is 0 Å². The summed E-state index contributed by atoms with van der Waals surface area (Å²) in [6.07, 6.45) is 4.75. The van der Waals surface area contributed by atoms with E-state index in [2.05, 4.69) is 15.3 Å². The Balaban J connectivity index is 2.14. The molecule has 2 aromatic rings. The van der Waals surface area contributed by atoms with Crippen LogP contribution < -0.4 is 5.32 Å². The van der Waals surface area contributed by atoms with E-state index in [9.17, 15) is 4.79 Å². The molecule has 2 heterocycles. The van der Waals surface area contributed by atoms with Crippen LogP contribution >= 0.6 is 0 Å². The lowest BCUT2D eigenvalue weighted by Crippen LogP contribution is -2.25. The number of aliphatic hydroxyl groups excluding tert-OH is 1. The second-order valence-corrected chi connectivity index (χ2v) is 4.30. The number of hydrogen-bond donors (Lipinski definition) is 2. The van der Waals surface area contributed by atoms with Crippen LogP contribution in [0.5, 0.6) is 0 Å². The van der Waals surface area contributed by atoms with Gasteiger partial charge in [-0.15, -0.1) is 0 Å². The van der Waals surface area contributed by atoms with Crippen LogP contribution in [0.15, 0.2) is 42.7 Å². The number of rotatable bonds is 6. The molecule has 0 fully saturated rings. The molecule has 2 N–H and O–H groups in total. The summed E-state index contributed by atoms with van der Waals surface area (Å²) in [6.45, 7) is 0.678. The Morgan fingerprint density at radius 3 is 2.70 bits per heavy atom. The molecule has 0 aromatic carbocycles. The summed E-state index contributed by atoms with van der Waals surface area (Å²) in [5.74, 6) is -0.170. The third-order valence-electron chi connectivity index (χ3n) is 2.83. The summed E-state index contributed by atoms with van der Waals surface area (Å²) in [5.41, 5.74) is 1.76. The predicted octanol–water partition coefficient (Wildman–Crippen LogP) is 1.65. The largest absolute Gasteiger partial charge is 0.396 e. The average Bonchev–Trinajstić information content (AvgIpc) is 2.52. The molecular formula is C15H17N3O2. The average molecular weight is 271 g/mol. The number of carbonyl (C=O) groups excluding carboxylic acids is 1. The Morgan fingerprint density at radius 2 is 1.95 bits per heavy atom. The number of unbranched alkanes of at least 4 members (excludes halogenated alkanes) is 1. The standard InChI is InChI=1S/C15H17N3O2/c19-11-4-3-9-18-15(20)12-6-5-10-17-14(12)13-7-1-2-8-16-13/h1-2,5-8,10,19H,3-4,9,11H2,(H,18,20). The fourth-order valence-corrected chi connectivity index (χ4v) is 1.83. The van der Waals surface area contributed by atoms with Gasteiger partial charge in [-0.25, -0.2) is 0 Å². The lowest BCUT2D eigenvalue weighted by atomic mass is 10.1. The Morgan fingerprint density at radius 1 is 1.10 bits per heavy atom. The van der Waals surface area contributed by atoms with Crippen molar-refractivity contribution in [3.8, 4) is 11.4 Å². The van der Waals surface area contributed by atoms with Gasteiger partial charge in [0.2, 0.25) is 0 Å². The van der Waals surface area contributed by atoms with Crippen molar-refractivity contribution in [3.63, 3.8) is 0 Å². The summed E-state index contributed by atoms with van der Waals surface area (Å²) in [7, 11) is 0. The van der Waals surface area contributed by atoms with Crippen LogP contribution in [-0.2, 0) is 0 Å². The summed E-state index contributed by atoms with van der Waals surface area (Å²) < 4.78 is 0. The van der Waals surface area contributed by atoms with Crippen LogP contribution in [0.25, 0.3) is 11.4 Å². The Kier molecular flexibility index (Phi) is 5.20. The zero-order valence-corrected chi connectivity index (χ0v) is 11.1. The van der Waals surface area contributed by atoms with E-state index in [1.54, 1.807) is 24.5 Å². The topological polar surface area (TPSA) is 75.1 Å². The van der Waals surface area contributed by atoms with Gasteiger partial charge in [0.15, 0.2) is 0 Å². The van der Waals surface area contributed by atoms with Gasteiger partial charge in [0.25, 0.3) is 5.91 Å². The monoisotopic (exact) mass is 271 g/mol. The van der Waals surface area contributed by atoms with Crippen molar-refractivity contribution in [3.05, 3.63) is 48.3 Å². The molecule has 0 saturated carbocycles. The summed E-state index contributed by atoms with van der Waals surface area (Å²) >= 11 is 0. The quantitative estimate of drug-likeness (QED) is 0.783. The first-order chi connectivity index (χ1) is 9.83. The maximum absolute atomic E-state index is 12.2. The van der Waals surface area contributed by atoms with E-state index in [0.29, 0.717) is 29.9 Å². The fourth-order valence-electron chi connectivity index (χ4n) is 1.83. The molecule has 0 unspecified atom stereocenters. The first kappa shape index (κ1) is 14.1. The van der Waals surface area contributed by atoms with E-state index in [0.717, 1.165) is 6.42 Å². The zero-order chi connectivity index (χ0) is 14.2. The van der Waals surface area contributed by atoms with Gasteiger partial charge in [-0.05, 0) is 37.1 Å². The van der Waals surface area contributed by atoms with Gasteiger partial charge in [0, 0.05) is 25.5 Å². The molecule has 2 aromatic heterocycles. The van der Waals surface area contributed by atoms with Crippen molar-refractivity contribution in [1.29, 1.82) is 0 Å². The number of amides is 1. The van der Waals surface area contributed by atoms with Crippen molar-refractivity contribution in [2.24, 2.45) is 0 Å². The summed E-state index contributed by atoms with van der Waals surface area (Å²) in [4.78, 5) is 20.6. The predicted molar refractivity (Wildman–Crippen MR) is 76.1 cm³/mol. The van der Waals surface area contributed by atoms with Gasteiger partial charge >= 0.3 is 0 Å². The molecule has 0 aliphatic heterocycles. The molecule has 2 rings (SSSR count). The second-order valence-electron chi connectivity index (χ2n) is 4.30. The zero-order valence-electron chi connectivity index (χ0n) is 11.1. The maximum Gasteiger partial charge on any atom is 0.253 e. The van der Waals surface area contributed by atoms with Crippen molar-refractivity contribution in [2.45, 2.75) is 12.8 Å². The molecule has 0 aliphatic rings. The molecule has 5 nitrogen and oxygen atoms in total. The highest BCUT2D eigenvalue weighted by Crippen LogP contribution is 2.18. The first-order valence-corrected chi connectivity index (χ1v) is 6.58. The number of nitrogens with zero attached hydrogens (tertiary/aromatic N) is 2. The van der Waals surface area contributed by atoms with Crippen LogP contribution in [0.2, 0.25) is 0 Å². The SMILES string of the molecule is O=C(NCCCCO)c1cccnc1-c1ccccn1. The van der Waals surface area contributed by atoms with Crippen molar-refractivity contribution in [1.82, 2.24) is 15.3 Å². The van der Waals surface area contributed by atoms with E-state index in [1.165, 1.54) is 0 Å². The van der Waals surface area contributed by atoms with Crippen LogP contribution in [-0.4, -0.2) is 34.1 Å². The maximum atomic E-state index is 12.2. The highest BCUT2D eigenvalue weighted by atomic mass is 16.2. The van der Waals surface area contributed by atoms with E-state index < -0.39 is 0 Å². The number of aliphatic hydroxyl groups is 1. The lowest BCUT2D eigenvalue weighted by molar-refractivity contribution is 0.0952. The Hall–Kier alpha value is -2.27. The third-order valence-corrected chi connectivity index (χ3v) is 2.83. The first-order valence-electron chi connectivity index (χ1n) is 6.58. The molecule has 5 heteroatoms. The van der Waals surface area contributed by atoms with Gasteiger partial charge in [0.05, 0.1) is 11.3 Å². The number of carbonyl (C=O) groups is 1. The van der Waals surface area contributed by atoms with E-state index in [4.69, 9.17) is 5.11 Å². The van der Waals surface area contributed by atoms with Crippen LogP contribution in [0, 0.1) is 0 Å². The van der Waals surface area contributed by atoms with E-state index in [-0.39, 0.29) is 12.5 Å². The molecular weight excluding hydrogens is 254 g/mol. The second kappa shape index (κ2) is 7.35. The minimum absolute atomic E-state index is 0.141. The summed E-state index contributed by atoms with van der Waals surface area (Å²) in [5, 5.41) is 11.5. The van der Waals surface area contributed by atoms with Gasteiger partial charge in [0.1, 0.15) is 5.69 Å². The fraction of sp³-hybridized carbons (Fsp3) is 0.267. The summed E-state index contributed by atoms with van der Waals surface area (Å²) in [6, 6.07) is 8.97. The molecule has 0 spiro atoms. The molecule has 0 saturated heterocycles. The normalized spacial score (nSPS) is 10.2. The Bertz CT molecular complexity index is 558. The highest BCUT2D eigenvalue weighted by Gasteiger charge is 2.13. The van der Waals surface area contributed by atoms with Gasteiger partial charge in [-0.3, -0.25) is 14.8 Å². The van der Waals surface area contributed by atoms with Crippen LogP contribution in [0.1, 0.15) is 23.2 Å². The number of aromatic nitrogens is 2. The molecule has 0 aliphatic carbocycles.